The van der Waals surface area contributed by atoms with Gasteiger partial charge in [-0.3, -0.25) is 0 Å². The molecule has 0 aromatic rings. The molecule has 0 aliphatic carbocycles. The first-order valence-corrected chi connectivity index (χ1v) is 5.44. The number of ether oxygens (including phenoxy) is 1. The van der Waals surface area contributed by atoms with Gasteiger partial charge in [0.25, 0.3) is 0 Å². The highest BCUT2D eigenvalue weighted by Gasteiger charge is 2.46. The van der Waals surface area contributed by atoms with Crippen molar-refractivity contribution in [1.29, 1.82) is 0 Å². The van der Waals surface area contributed by atoms with Gasteiger partial charge >= 0.3 is 0 Å². The molecule has 0 bridgehead atoms. The number of nitrogens with zero attached hydrogens (tertiary/aromatic N) is 1. The first-order valence-electron chi connectivity index (χ1n) is 5.44. The second-order valence-electron chi connectivity index (χ2n) is 5.20. The zero-order chi connectivity index (χ0) is 9.47. The van der Waals surface area contributed by atoms with E-state index >= 15 is 0 Å². The van der Waals surface area contributed by atoms with Gasteiger partial charge in [0.2, 0.25) is 0 Å². The molecule has 0 unspecified atom stereocenters. The van der Waals surface area contributed by atoms with Crippen molar-refractivity contribution < 1.29 is 4.74 Å². The summed E-state index contributed by atoms with van der Waals surface area (Å²) in [5.74, 6) is 1.72. The van der Waals surface area contributed by atoms with Crippen molar-refractivity contribution in [2.75, 3.05) is 26.7 Å². The van der Waals surface area contributed by atoms with Crippen molar-refractivity contribution in [3.8, 4) is 0 Å². The summed E-state index contributed by atoms with van der Waals surface area (Å²) in [5, 5.41) is 0. The van der Waals surface area contributed by atoms with Crippen LogP contribution in [-0.2, 0) is 4.74 Å². The molecule has 0 saturated carbocycles. The van der Waals surface area contributed by atoms with Crippen LogP contribution in [0.15, 0.2) is 0 Å². The SMILES string of the molecule is CC(C)[C@@H]1CCOC2(C1)CN(C)C2. The Hall–Kier alpha value is -0.0800. The van der Waals surface area contributed by atoms with Crippen LogP contribution in [0.2, 0.25) is 0 Å². The van der Waals surface area contributed by atoms with Crippen molar-refractivity contribution in [2.24, 2.45) is 11.8 Å². The highest BCUT2D eigenvalue weighted by Crippen LogP contribution is 2.38. The summed E-state index contributed by atoms with van der Waals surface area (Å²) >= 11 is 0. The maximum atomic E-state index is 5.91. The Morgan fingerprint density at radius 2 is 2.08 bits per heavy atom. The first kappa shape index (κ1) is 9.47. The molecule has 1 spiro atoms. The monoisotopic (exact) mass is 183 g/mol. The van der Waals surface area contributed by atoms with Gasteiger partial charge in [-0.2, -0.15) is 0 Å². The number of hydrogen-bond acceptors (Lipinski definition) is 2. The molecular formula is C11H21NO. The summed E-state index contributed by atoms with van der Waals surface area (Å²) in [4.78, 5) is 2.35. The Kier molecular flexibility index (Phi) is 2.37. The molecule has 0 aromatic carbocycles. The summed E-state index contributed by atoms with van der Waals surface area (Å²) in [7, 11) is 2.17. The lowest BCUT2D eigenvalue weighted by molar-refractivity contribution is -0.176. The third kappa shape index (κ3) is 1.75. The second kappa shape index (κ2) is 3.25. The molecule has 0 amide bonds. The van der Waals surface area contributed by atoms with Crippen LogP contribution in [0.1, 0.15) is 26.7 Å². The number of hydrogen-bond donors (Lipinski definition) is 0. The van der Waals surface area contributed by atoms with Gasteiger partial charge < -0.3 is 9.64 Å². The largest absolute Gasteiger partial charge is 0.372 e. The van der Waals surface area contributed by atoms with Crippen molar-refractivity contribution in [1.82, 2.24) is 4.90 Å². The van der Waals surface area contributed by atoms with E-state index in [1.54, 1.807) is 0 Å². The van der Waals surface area contributed by atoms with E-state index in [1.807, 2.05) is 0 Å². The minimum Gasteiger partial charge on any atom is -0.372 e. The Morgan fingerprint density at radius 3 is 2.62 bits per heavy atom. The quantitative estimate of drug-likeness (QED) is 0.614. The van der Waals surface area contributed by atoms with E-state index < -0.39 is 0 Å². The molecule has 0 N–H and O–H groups in total. The maximum absolute atomic E-state index is 5.91. The second-order valence-corrected chi connectivity index (χ2v) is 5.20. The van der Waals surface area contributed by atoms with Gasteiger partial charge in [-0.25, -0.2) is 0 Å². The molecule has 2 saturated heterocycles. The van der Waals surface area contributed by atoms with Crippen LogP contribution in [0.5, 0.6) is 0 Å². The average Bonchev–Trinajstić information content (AvgIpc) is 2.02. The summed E-state index contributed by atoms with van der Waals surface area (Å²) in [6, 6.07) is 0. The molecule has 13 heavy (non-hydrogen) atoms. The van der Waals surface area contributed by atoms with E-state index in [9.17, 15) is 0 Å². The van der Waals surface area contributed by atoms with Gasteiger partial charge in [0.05, 0.1) is 5.60 Å². The molecule has 2 aliphatic heterocycles. The lowest BCUT2D eigenvalue weighted by Crippen LogP contribution is -2.64. The van der Waals surface area contributed by atoms with Crippen LogP contribution < -0.4 is 0 Å². The average molecular weight is 183 g/mol. The molecule has 0 aromatic heterocycles. The Bertz CT molecular complexity index is 179. The van der Waals surface area contributed by atoms with Crippen molar-refractivity contribution in [2.45, 2.75) is 32.3 Å². The highest BCUT2D eigenvalue weighted by atomic mass is 16.5. The number of rotatable bonds is 1. The zero-order valence-corrected chi connectivity index (χ0v) is 9.05. The van der Waals surface area contributed by atoms with Gasteiger partial charge in [-0.15, -0.1) is 0 Å². The van der Waals surface area contributed by atoms with Crippen LogP contribution in [0.25, 0.3) is 0 Å². The smallest absolute Gasteiger partial charge is 0.0937 e. The molecule has 2 rings (SSSR count). The topological polar surface area (TPSA) is 12.5 Å². The van der Waals surface area contributed by atoms with Gasteiger partial charge in [-0.1, -0.05) is 13.8 Å². The van der Waals surface area contributed by atoms with Gasteiger partial charge in [-0.05, 0) is 31.7 Å². The van der Waals surface area contributed by atoms with E-state index in [2.05, 4.69) is 25.8 Å². The van der Waals surface area contributed by atoms with E-state index in [1.165, 1.54) is 12.8 Å². The molecule has 2 heterocycles. The molecule has 2 heteroatoms. The summed E-state index contributed by atoms with van der Waals surface area (Å²) in [6.07, 6.45) is 2.55. The highest BCUT2D eigenvalue weighted by molar-refractivity contribution is 4.99. The van der Waals surface area contributed by atoms with Gasteiger partial charge in [0.1, 0.15) is 0 Å². The van der Waals surface area contributed by atoms with Gasteiger partial charge in [0, 0.05) is 19.7 Å². The molecule has 1 atom stereocenters. The lowest BCUT2D eigenvalue weighted by Gasteiger charge is -2.52. The fourth-order valence-electron chi connectivity index (χ4n) is 2.79. The Labute approximate surface area is 81.3 Å². The van der Waals surface area contributed by atoms with E-state index in [-0.39, 0.29) is 5.60 Å². The third-order valence-corrected chi connectivity index (χ3v) is 3.59. The van der Waals surface area contributed by atoms with Crippen LogP contribution in [0.4, 0.5) is 0 Å². The number of likely N-dealkylation sites (N-methyl/N-ethyl adjacent to an activating group) is 1. The molecule has 2 nitrogen and oxygen atoms in total. The fourth-order valence-corrected chi connectivity index (χ4v) is 2.79. The summed E-state index contributed by atoms with van der Waals surface area (Å²) < 4.78 is 5.91. The van der Waals surface area contributed by atoms with E-state index in [0.717, 1.165) is 31.5 Å². The van der Waals surface area contributed by atoms with E-state index in [0.29, 0.717) is 0 Å². The minimum absolute atomic E-state index is 0.252. The van der Waals surface area contributed by atoms with Crippen LogP contribution in [0.3, 0.4) is 0 Å². The zero-order valence-electron chi connectivity index (χ0n) is 9.05. The maximum Gasteiger partial charge on any atom is 0.0937 e. The normalized spacial score (nSPS) is 33.7. The molecule has 76 valence electrons. The number of likely N-dealkylation sites (tertiary alicyclic amines) is 1. The summed E-state index contributed by atoms with van der Waals surface area (Å²) in [5.41, 5.74) is 0.252. The Morgan fingerprint density at radius 1 is 1.38 bits per heavy atom. The van der Waals surface area contributed by atoms with Gasteiger partial charge in [0.15, 0.2) is 0 Å². The standard InChI is InChI=1S/C11H21NO/c1-9(2)10-4-5-13-11(6-10)7-12(3)8-11/h9-10H,4-8H2,1-3H3/t10-/m1/s1. The van der Waals surface area contributed by atoms with Crippen molar-refractivity contribution in [3.63, 3.8) is 0 Å². The fraction of sp³-hybridized carbons (Fsp3) is 1.00. The van der Waals surface area contributed by atoms with Crippen molar-refractivity contribution in [3.05, 3.63) is 0 Å². The third-order valence-electron chi connectivity index (χ3n) is 3.59. The lowest BCUT2D eigenvalue weighted by atomic mass is 9.76. The van der Waals surface area contributed by atoms with Crippen LogP contribution >= 0.6 is 0 Å². The molecule has 2 aliphatic rings. The van der Waals surface area contributed by atoms with E-state index in [4.69, 9.17) is 4.74 Å². The predicted molar refractivity (Wildman–Crippen MR) is 53.7 cm³/mol. The summed E-state index contributed by atoms with van der Waals surface area (Å²) in [6.45, 7) is 7.96. The van der Waals surface area contributed by atoms with Crippen molar-refractivity contribution >= 4 is 0 Å². The predicted octanol–water partition coefficient (Wildman–Crippen LogP) is 1.75. The van der Waals surface area contributed by atoms with Crippen LogP contribution in [-0.4, -0.2) is 37.2 Å². The molecular weight excluding hydrogens is 162 g/mol. The Balaban J connectivity index is 1.93. The molecule has 0 radical (unpaired) electrons. The van der Waals surface area contributed by atoms with Crippen LogP contribution in [0, 0.1) is 11.8 Å². The first-order chi connectivity index (χ1) is 6.11. The molecule has 2 fully saturated rings. The minimum atomic E-state index is 0.252.